The number of rotatable bonds is 5. The van der Waals surface area contributed by atoms with Crippen LogP contribution in [0.15, 0.2) is 11.6 Å². The number of allylic oxidation sites excluding steroid dienone is 2. The van der Waals surface area contributed by atoms with E-state index in [1.54, 1.807) is 0 Å². The summed E-state index contributed by atoms with van der Waals surface area (Å²) in [5, 5.41) is 0. The summed E-state index contributed by atoms with van der Waals surface area (Å²) in [6.07, 6.45) is 6.05. The summed E-state index contributed by atoms with van der Waals surface area (Å²) in [6, 6.07) is 0. The molecular formula is C17H34. The maximum absolute atomic E-state index is 2.42. The fraction of sp³-hybridized carbons (Fsp3) is 0.882. The van der Waals surface area contributed by atoms with Gasteiger partial charge in [0.15, 0.2) is 0 Å². The number of hydrogen-bond donors (Lipinski definition) is 0. The average Bonchev–Trinajstić information content (AvgIpc) is 1.94. The Morgan fingerprint density at radius 3 is 1.65 bits per heavy atom. The van der Waals surface area contributed by atoms with Crippen molar-refractivity contribution in [3.05, 3.63) is 11.6 Å². The van der Waals surface area contributed by atoms with Crippen molar-refractivity contribution in [1.82, 2.24) is 0 Å². The molecular weight excluding hydrogens is 204 g/mol. The Kier molecular flexibility index (Phi) is 5.50. The predicted molar refractivity (Wildman–Crippen MR) is 80.3 cm³/mol. The van der Waals surface area contributed by atoms with Crippen LogP contribution >= 0.6 is 0 Å². The normalized spacial score (nSPS) is 15.2. The number of hydrogen-bond acceptors (Lipinski definition) is 0. The van der Waals surface area contributed by atoms with E-state index in [0.29, 0.717) is 16.2 Å². The van der Waals surface area contributed by atoms with Gasteiger partial charge in [0, 0.05) is 0 Å². The van der Waals surface area contributed by atoms with Crippen LogP contribution in [0, 0.1) is 16.2 Å². The van der Waals surface area contributed by atoms with Crippen LogP contribution in [0.4, 0.5) is 0 Å². The third-order valence-corrected chi connectivity index (χ3v) is 3.22. The average molecular weight is 238 g/mol. The van der Waals surface area contributed by atoms with Gasteiger partial charge in [-0.25, -0.2) is 0 Å². The van der Waals surface area contributed by atoms with Gasteiger partial charge >= 0.3 is 0 Å². The first-order valence-electron chi connectivity index (χ1n) is 6.99. The zero-order valence-electron chi connectivity index (χ0n) is 13.7. The molecule has 0 aromatic rings. The van der Waals surface area contributed by atoms with Gasteiger partial charge in [-0.1, -0.05) is 60.1 Å². The lowest BCUT2D eigenvalue weighted by Crippen LogP contribution is -2.27. The maximum atomic E-state index is 2.42. The first kappa shape index (κ1) is 16.7. The van der Waals surface area contributed by atoms with Gasteiger partial charge in [0.1, 0.15) is 0 Å². The highest BCUT2D eigenvalue weighted by Crippen LogP contribution is 2.43. The Morgan fingerprint density at radius 1 is 0.824 bits per heavy atom. The molecule has 0 atom stereocenters. The van der Waals surface area contributed by atoms with E-state index in [-0.39, 0.29) is 0 Å². The van der Waals surface area contributed by atoms with Crippen LogP contribution in [-0.2, 0) is 0 Å². The van der Waals surface area contributed by atoms with Gasteiger partial charge in [-0.15, -0.1) is 0 Å². The molecule has 0 heterocycles. The quantitative estimate of drug-likeness (QED) is 0.499. The summed E-state index contributed by atoms with van der Waals surface area (Å²) >= 11 is 0. The zero-order chi connectivity index (χ0) is 13.9. The van der Waals surface area contributed by atoms with Crippen LogP contribution < -0.4 is 0 Å². The van der Waals surface area contributed by atoms with E-state index in [1.165, 1.54) is 24.8 Å². The second-order valence-corrected chi connectivity index (χ2v) is 8.55. The van der Waals surface area contributed by atoms with Gasteiger partial charge in [0.2, 0.25) is 0 Å². The van der Waals surface area contributed by atoms with Gasteiger partial charge < -0.3 is 0 Å². The topological polar surface area (TPSA) is 0 Å². The van der Waals surface area contributed by atoms with Gasteiger partial charge in [-0.2, -0.15) is 0 Å². The highest BCUT2D eigenvalue weighted by molar-refractivity contribution is 5.00. The highest BCUT2D eigenvalue weighted by Gasteiger charge is 2.32. The van der Waals surface area contributed by atoms with E-state index in [1.807, 2.05) is 0 Å². The predicted octanol–water partition coefficient (Wildman–Crippen LogP) is 6.22. The minimum atomic E-state index is 0.408. The molecule has 0 aliphatic carbocycles. The lowest BCUT2D eigenvalue weighted by atomic mass is 9.66. The molecule has 0 rings (SSSR count). The molecule has 0 saturated carbocycles. The Labute approximate surface area is 110 Å². The first-order chi connectivity index (χ1) is 7.37. The van der Waals surface area contributed by atoms with E-state index in [4.69, 9.17) is 0 Å². The molecule has 0 aromatic heterocycles. The fourth-order valence-electron chi connectivity index (χ4n) is 3.71. The van der Waals surface area contributed by atoms with Crippen LogP contribution in [0.3, 0.4) is 0 Å². The summed E-state index contributed by atoms with van der Waals surface area (Å²) in [6.45, 7) is 21.1. The van der Waals surface area contributed by atoms with Crippen molar-refractivity contribution in [3.63, 3.8) is 0 Å². The smallest absolute Gasteiger partial charge is 0.0271 e. The molecule has 0 fully saturated rings. The SMILES string of the molecule is C/C=C(/C)CC(C)(C)CC(C)(C)CC(C)(C)C. The van der Waals surface area contributed by atoms with Gasteiger partial charge in [0.05, 0.1) is 0 Å². The van der Waals surface area contributed by atoms with E-state index in [2.05, 4.69) is 68.4 Å². The molecule has 0 saturated heterocycles. The lowest BCUT2D eigenvalue weighted by Gasteiger charge is -2.39. The molecule has 0 unspecified atom stereocenters. The largest absolute Gasteiger partial charge is 0.0887 e. The second kappa shape index (κ2) is 5.59. The van der Waals surface area contributed by atoms with Gasteiger partial charge in [-0.3, -0.25) is 0 Å². The Morgan fingerprint density at radius 2 is 1.29 bits per heavy atom. The summed E-state index contributed by atoms with van der Waals surface area (Å²) in [4.78, 5) is 0. The summed E-state index contributed by atoms with van der Waals surface area (Å²) in [5.41, 5.74) is 2.78. The molecule has 0 nitrogen and oxygen atoms in total. The van der Waals surface area contributed by atoms with Crippen molar-refractivity contribution in [3.8, 4) is 0 Å². The van der Waals surface area contributed by atoms with Crippen molar-refractivity contribution in [2.24, 2.45) is 16.2 Å². The summed E-state index contributed by atoms with van der Waals surface area (Å²) in [7, 11) is 0. The fourth-order valence-corrected chi connectivity index (χ4v) is 3.71. The Bertz CT molecular complexity index is 258. The van der Waals surface area contributed by atoms with Crippen LogP contribution in [0.25, 0.3) is 0 Å². The van der Waals surface area contributed by atoms with Crippen LogP contribution in [0.2, 0.25) is 0 Å². The third kappa shape index (κ3) is 8.46. The van der Waals surface area contributed by atoms with Crippen molar-refractivity contribution in [2.75, 3.05) is 0 Å². The molecule has 102 valence electrons. The molecule has 0 spiro atoms. The first-order valence-corrected chi connectivity index (χ1v) is 6.99. The maximum Gasteiger partial charge on any atom is -0.0271 e. The van der Waals surface area contributed by atoms with Gasteiger partial charge in [-0.05, 0) is 49.4 Å². The molecule has 0 amide bonds. The molecule has 0 aliphatic rings. The van der Waals surface area contributed by atoms with Crippen LogP contribution in [-0.4, -0.2) is 0 Å². The molecule has 0 bridgehead atoms. The molecule has 0 aromatic carbocycles. The monoisotopic (exact) mass is 238 g/mol. The standard InChI is InChI=1S/C17H34/c1-10-14(2)11-16(6,7)13-17(8,9)12-15(3,4)5/h10H,11-13H2,1-9H3/b14-10-. The van der Waals surface area contributed by atoms with Crippen LogP contribution in [0.1, 0.15) is 81.6 Å². The van der Waals surface area contributed by atoms with Crippen molar-refractivity contribution < 1.29 is 0 Å². The van der Waals surface area contributed by atoms with E-state index in [0.717, 1.165) is 0 Å². The molecule has 0 radical (unpaired) electrons. The highest BCUT2D eigenvalue weighted by atomic mass is 14.4. The molecule has 0 N–H and O–H groups in total. The van der Waals surface area contributed by atoms with Crippen molar-refractivity contribution in [2.45, 2.75) is 81.6 Å². The van der Waals surface area contributed by atoms with E-state index >= 15 is 0 Å². The molecule has 0 heteroatoms. The van der Waals surface area contributed by atoms with Crippen LogP contribution in [0.5, 0.6) is 0 Å². The lowest BCUT2D eigenvalue weighted by molar-refractivity contribution is 0.133. The minimum absolute atomic E-state index is 0.408. The summed E-state index contributed by atoms with van der Waals surface area (Å²) < 4.78 is 0. The Hall–Kier alpha value is -0.260. The van der Waals surface area contributed by atoms with Crippen molar-refractivity contribution >= 4 is 0 Å². The minimum Gasteiger partial charge on any atom is -0.0887 e. The molecule has 0 aliphatic heterocycles. The zero-order valence-corrected chi connectivity index (χ0v) is 13.7. The van der Waals surface area contributed by atoms with E-state index < -0.39 is 0 Å². The Balaban J connectivity index is 4.58. The third-order valence-electron chi connectivity index (χ3n) is 3.22. The summed E-state index contributed by atoms with van der Waals surface area (Å²) in [5.74, 6) is 0. The second-order valence-electron chi connectivity index (χ2n) is 8.55. The molecule has 17 heavy (non-hydrogen) atoms. The van der Waals surface area contributed by atoms with E-state index in [9.17, 15) is 0 Å². The van der Waals surface area contributed by atoms with Gasteiger partial charge in [0.25, 0.3) is 0 Å². The van der Waals surface area contributed by atoms with Crippen molar-refractivity contribution in [1.29, 1.82) is 0 Å².